The Kier molecular flexibility index (Phi) is 4.26. The van der Waals surface area contributed by atoms with Crippen LogP contribution in [0.25, 0.3) is 17.0 Å². The molecule has 0 atom stereocenters. The van der Waals surface area contributed by atoms with E-state index in [0.29, 0.717) is 28.0 Å². The zero-order valence-corrected chi connectivity index (χ0v) is 14.8. The number of amides is 2. The molecule has 1 saturated heterocycles. The largest absolute Gasteiger partial charge is 0.455 e. The van der Waals surface area contributed by atoms with Gasteiger partial charge in [0.2, 0.25) is 0 Å². The molecule has 4 rings (SSSR count). The molecule has 0 bridgehead atoms. The van der Waals surface area contributed by atoms with Crippen LogP contribution in [-0.4, -0.2) is 16.1 Å². The van der Waals surface area contributed by atoms with Gasteiger partial charge >= 0.3 is 0 Å². The first-order valence-corrected chi connectivity index (χ1v) is 8.72. The van der Waals surface area contributed by atoms with Gasteiger partial charge in [0.25, 0.3) is 11.1 Å². The predicted molar refractivity (Wildman–Crippen MR) is 100 cm³/mol. The fourth-order valence-electron chi connectivity index (χ4n) is 2.55. The lowest BCUT2D eigenvalue weighted by Crippen LogP contribution is -2.17. The first-order chi connectivity index (χ1) is 13.0. The van der Waals surface area contributed by atoms with Crippen LogP contribution in [0, 0.1) is 24.6 Å². The molecule has 0 unspecified atom stereocenters. The first kappa shape index (κ1) is 17.1. The summed E-state index contributed by atoms with van der Waals surface area (Å²) in [6.07, 6.45) is 4.71. The van der Waals surface area contributed by atoms with Crippen molar-refractivity contribution >= 4 is 40.0 Å². The highest BCUT2D eigenvalue weighted by Gasteiger charge is 2.25. The van der Waals surface area contributed by atoms with E-state index in [0.717, 1.165) is 17.1 Å². The van der Waals surface area contributed by atoms with E-state index in [2.05, 4.69) is 22.1 Å². The zero-order chi connectivity index (χ0) is 19.0. The van der Waals surface area contributed by atoms with E-state index >= 15 is 0 Å². The van der Waals surface area contributed by atoms with Crippen LogP contribution in [-0.2, 0) is 4.79 Å². The molecule has 3 aromatic rings. The molecule has 7 heteroatoms. The van der Waals surface area contributed by atoms with E-state index in [4.69, 9.17) is 4.42 Å². The van der Waals surface area contributed by atoms with Gasteiger partial charge in [0.05, 0.1) is 10.5 Å². The zero-order valence-electron chi connectivity index (χ0n) is 14.0. The Morgan fingerprint density at radius 3 is 2.81 bits per heavy atom. The number of pyridine rings is 1. The number of nitrogens with one attached hydrogen (secondary N) is 1. The van der Waals surface area contributed by atoms with E-state index in [1.54, 1.807) is 37.5 Å². The SMILES string of the molecule is Cc1cc(C#Cc2cncc3cc(C=C4SC(=O)NC4=O)oc23)ccc1F. The highest BCUT2D eigenvalue weighted by molar-refractivity contribution is 8.18. The number of aryl methyl sites for hydroxylation is 1. The number of nitrogens with zero attached hydrogens (tertiary/aromatic N) is 1. The monoisotopic (exact) mass is 378 g/mol. The Bertz CT molecular complexity index is 1200. The topological polar surface area (TPSA) is 72.2 Å². The third kappa shape index (κ3) is 3.48. The van der Waals surface area contributed by atoms with Crippen LogP contribution >= 0.6 is 11.8 Å². The lowest BCUT2D eigenvalue weighted by molar-refractivity contribution is -0.115. The van der Waals surface area contributed by atoms with E-state index in [9.17, 15) is 14.0 Å². The summed E-state index contributed by atoms with van der Waals surface area (Å²) in [4.78, 5) is 27.3. The number of hydrogen-bond acceptors (Lipinski definition) is 5. The molecule has 1 N–H and O–H groups in total. The summed E-state index contributed by atoms with van der Waals surface area (Å²) in [7, 11) is 0. The molecule has 5 nitrogen and oxygen atoms in total. The third-order valence-electron chi connectivity index (χ3n) is 3.86. The molecule has 0 spiro atoms. The Morgan fingerprint density at radius 2 is 2.07 bits per heavy atom. The van der Waals surface area contributed by atoms with Crippen molar-refractivity contribution < 1.29 is 18.4 Å². The van der Waals surface area contributed by atoms with Crippen LogP contribution in [0.2, 0.25) is 0 Å². The normalized spacial score (nSPS) is 15.1. The van der Waals surface area contributed by atoms with E-state index in [1.165, 1.54) is 12.1 Å². The van der Waals surface area contributed by atoms with Crippen LogP contribution in [0.3, 0.4) is 0 Å². The van der Waals surface area contributed by atoms with E-state index < -0.39 is 11.1 Å². The molecule has 0 saturated carbocycles. The number of furan rings is 1. The molecule has 1 fully saturated rings. The standard InChI is InChI=1S/C20H11FN2O3S/c1-11-6-12(3-5-16(11)21)2-4-13-9-22-10-14-7-15(26-18(13)14)8-17-19(24)23-20(25)27-17/h3,5-10H,1H3,(H,23,24,25). The summed E-state index contributed by atoms with van der Waals surface area (Å²) in [6.45, 7) is 1.68. The lowest BCUT2D eigenvalue weighted by Gasteiger charge is -1.96. The van der Waals surface area contributed by atoms with Crippen molar-refractivity contribution in [1.29, 1.82) is 0 Å². The van der Waals surface area contributed by atoms with Crippen LogP contribution in [0.5, 0.6) is 0 Å². The highest BCUT2D eigenvalue weighted by atomic mass is 32.2. The minimum Gasteiger partial charge on any atom is -0.455 e. The van der Waals surface area contributed by atoms with Gasteiger partial charge in [-0.15, -0.1) is 0 Å². The number of carbonyl (C=O) groups is 2. The number of rotatable bonds is 1. The second-order valence-electron chi connectivity index (χ2n) is 5.82. The maximum Gasteiger partial charge on any atom is 0.290 e. The van der Waals surface area contributed by atoms with Gasteiger partial charge in [-0.05, 0) is 48.5 Å². The molecular weight excluding hydrogens is 367 g/mol. The van der Waals surface area contributed by atoms with Gasteiger partial charge in [0, 0.05) is 29.4 Å². The quantitative estimate of drug-likeness (QED) is 0.512. The summed E-state index contributed by atoms with van der Waals surface area (Å²) in [6, 6.07) is 6.37. The summed E-state index contributed by atoms with van der Waals surface area (Å²) in [5.74, 6) is 5.65. The second-order valence-corrected chi connectivity index (χ2v) is 6.84. The lowest BCUT2D eigenvalue weighted by atomic mass is 10.1. The maximum absolute atomic E-state index is 13.4. The second kappa shape index (κ2) is 6.74. The minimum atomic E-state index is -0.449. The van der Waals surface area contributed by atoms with Crippen LogP contribution in [0.4, 0.5) is 9.18 Å². The van der Waals surface area contributed by atoms with Gasteiger partial charge < -0.3 is 4.42 Å². The molecule has 0 radical (unpaired) electrons. The fourth-order valence-corrected chi connectivity index (χ4v) is 3.22. The van der Waals surface area contributed by atoms with Crippen molar-refractivity contribution in [2.45, 2.75) is 6.92 Å². The Hall–Kier alpha value is -3.37. The van der Waals surface area contributed by atoms with Crippen molar-refractivity contribution in [1.82, 2.24) is 10.3 Å². The van der Waals surface area contributed by atoms with Gasteiger partial charge in [-0.2, -0.15) is 0 Å². The van der Waals surface area contributed by atoms with Gasteiger partial charge in [-0.25, -0.2) is 4.39 Å². The first-order valence-electron chi connectivity index (χ1n) is 7.90. The van der Waals surface area contributed by atoms with Crippen molar-refractivity contribution in [2.75, 3.05) is 0 Å². The molecular formula is C20H11FN2O3S. The molecule has 1 aliphatic heterocycles. The molecule has 132 valence electrons. The van der Waals surface area contributed by atoms with Gasteiger partial charge in [0.1, 0.15) is 11.6 Å². The smallest absolute Gasteiger partial charge is 0.290 e. The fraction of sp³-hybridized carbons (Fsp3) is 0.0500. The summed E-state index contributed by atoms with van der Waals surface area (Å²) in [5.41, 5.74) is 2.29. The van der Waals surface area contributed by atoms with Crippen LogP contribution < -0.4 is 5.32 Å². The number of carbonyl (C=O) groups excluding carboxylic acids is 2. The molecule has 0 aliphatic carbocycles. The molecule has 3 heterocycles. The molecule has 1 aliphatic rings. The number of aromatic nitrogens is 1. The number of thioether (sulfide) groups is 1. The number of imide groups is 1. The number of halogens is 1. The summed E-state index contributed by atoms with van der Waals surface area (Å²) in [5, 5.41) is 2.50. The van der Waals surface area contributed by atoms with Crippen LogP contribution in [0.1, 0.15) is 22.5 Å². The van der Waals surface area contributed by atoms with Gasteiger partial charge in [0.15, 0.2) is 5.58 Å². The molecule has 27 heavy (non-hydrogen) atoms. The molecule has 1 aromatic carbocycles. The van der Waals surface area contributed by atoms with Gasteiger partial charge in [-0.3, -0.25) is 19.9 Å². The Balaban J connectivity index is 1.71. The minimum absolute atomic E-state index is 0.265. The Labute approximate surface area is 157 Å². The average Bonchev–Trinajstić information content (AvgIpc) is 3.18. The van der Waals surface area contributed by atoms with Crippen molar-refractivity contribution in [3.8, 4) is 11.8 Å². The molecule has 2 amide bonds. The van der Waals surface area contributed by atoms with E-state index in [-0.39, 0.29) is 10.7 Å². The van der Waals surface area contributed by atoms with Crippen molar-refractivity contribution in [3.63, 3.8) is 0 Å². The summed E-state index contributed by atoms with van der Waals surface area (Å²) >= 11 is 0.820. The number of hydrogen-bond donors (Lipinski definition) is 1. The third-order valence-corrected chi connectivity index (χ3v) is 4.67. The van der Waals surface area contributed by atoms with Crippen molar-refractivity contribution in [2.24, 2.45) is 0 Å². The highest BCUT2D eigenvalue weighted by Crippen LogP contribution is 2.28. The number of benzene rings is 1. The van der Waals surface area contributed by atoms with E-state index in [1.807, 2.05) is 0 Å². The van der Waals surface area contributed by atoms with Crippen molar-refractivity contribution in [3.05, 3.63) is 69.8 Å². The van der Waals surface area contributed by atoms with Gasteiger partial charge in [-0.1, -0.05) is 11.8 Å². The maximum atomic E-state index is 13.4. The predicted octanol–water partition coefficient (Wildman–Crippen LogP) is 4.00. The number of fused-ring (bicyclic) bond motifs is 1. The molecule has 2 aromatic heterocycles. The van der Waals surface area contributed by atoms with Crippen LogP contribution in [0.15, 0.2) is 46.0 Å². The summed E-state index contributed by atoms with van der Waals surface area (Å²) < 4.78 is 19.2. The average molecular weight is 378 g/mol. The Morgan fingerprint density at radius 1 is 1.22 bits per heavy atom.